The lowest BCUT2D eigenvalue weighted by Gasteiger charge is -2.42. The lowest BCUT2D eigenvalue weighted by atomic mass is 10.2. The van der Waals surface area contributed by atoms with Crippen LogP contribution in [-0.4, -0.2) is 85.9 Å². The van der Waals surface area contributed by atoms with Crippen LogP contribution >= 0.6 is 0 Å². The van der Waals surface area contributed by atoms with Gasteiger partial charge < -0.3 is 8.97 Å². The summed E-state index contributed by atoms with van der Waals surface area (Å²) in [6, 6.07) is 0. The van der Waals surface area contributed by atoms with Crippen LogP contribution in [0.15, 0.2) is 101 Å². The second kappa shape index (κ2) is 19.7. The lowest BCUT2D eigenvalue weighted by molar-refractivity contribution is -0.966. The van der Waals surface area contributed by atoms with Crippen LogP contribution < -0.4 is 0 Å². The molecule has 0 aromatic heterocycles. The molecule has 0 saturated heterocycles. The van der Waals surface area contributed by atoms with Gasteiger partial charge in [0.25, 0.3) is 0 Å². The molecule has 0 unspecified atom stereocenters. The topological polar surface area (TPSA) is 3.24 Å². The van der Waals surface area contributed by atoms with Gasteiger partial charge in [0, 0.05) is 13.1 Å². The van der Waals surface area contributed by atoms with Crippen LogP contribution in [0.3, 0.4) is 0 Å². The Balaban J connectivity index is 0. The number of quaternary nitrogens is 2. The van der Waals surface area contributed by atoms with Gasteiger partial charge in [-0.25, -0.2) is 0 Å². The molecule has 0 saturated carbocycles. The highest BCUT2D eigenvalue weighted by Crippen LogP contribution is 2.14. The second-order valence-corrected chi connectivity index (χ2v) is 7.89. The summed E-state index contributed by atoms with van der Waals surface area (Å²) in [6.45, 7) is 43.6. The maximum Gasteiger partial charge on any atom is 0.129 e. The maximum absolute atomic E-state index is 3.93. The zero-order valence-electron chi connectivity index (χ0n) is 20.4. The minimum absolute atomic E-state index is 0.919. The van der Waals surface area contributed by atoms with E-state index in [9.17, 15) is 0 Å². The van der Waals surface area contributed by atoms with E-state index < -0.39 is 0 Å². The third-order valence-corrected chi connectivity index (χ3v) is 5.37. The van der Waals surface area contributed by atoms with Gasteiger partial charge in [-0.2, -0.15) is 0 Å². The number of nitrogens with zero attached hydrogens (tertiary/aromatic N) is 3. The van der Waals surface area contributed by atoms with Crippen molar-refractivity contribution in [2.75, 3.05) is 72.0 Å². The second-order valence-electron chi connectivity index (χ2n) is 7.89. The van der Waals surface area contributed by atoms with Gasteiger partial charge in [0.05, 0.1) is 39.3 Å². The van der Waals surface area contributed by atoms with Gasteiger partial charge in [0.1, 0.15) is 13.1 Å². The summed E-state index contributed by atoms with van der Waals surface area (Å²) in [6.07, 6.45) is 15.8. The van der Waals surface area contributed by atoms with E-state index in [2.05, 4.69) is 64.5 Å². The van der Waals surface area contributed by atoms with E-state index >= 15 is 0 Å². The molecule has 3 heteroatoms. The highest BCUT2D eigenvalue weighted by atomic mass is 15.4. The van der Waals surface area contributed by atoms with Crippen LogP contribution in [0.2, 0.25) is 0 Å². The number of hydrogen-bond acceptors (Lipinski definition) is 1. The molecule has 0 aromatic carbocycles. The van der Waals surface area contributed by atoms with Crippen LogP contribution in [0.1, 0.15) is 6.92 Å². The Bertz CT molecular complexity index is 458. The molecule has 0 heterocycles. The van der Waals surface area contributed by atoms with Crippen LogP contribution in [0.4, 0.5) is 0 Å². The van der Waals surface area contributed by atoms with Crippen molar-refractivity contribution < 1.29 is 8.97 Å². The zero-order valence-corrected chi connectivity index (χ0v) is 20.4. The summed E-state index contributed by atoms with van der Waals surface area (Å²) >= 11 is 0. The molecule has 0 fully saturated rings. The van der Waals surface area contributed by atoms with Crippen LogP contribution in [0, 0.1) is 0 Å². The van der Waals surface area contributed by atoms with E-state index in [-0.39, 0.29) is 0 Å². The molecule has 31 heavy (non-hydrogen) atoms. The van der Waals surface area contributed by atoms with Crippen molar-refractivity contribution in [2.45, 2.75) is 6.92 Å². The normalized spacial score (nSPS) is 10.9. The highest BCUT2D eigenvalue weighted by Gasteiger charge is 2.30. The summed E-state index contributed by atoms with van der Waals surface area (Å²) in [4.78, 5) is 2.25. The fourth-order valence-electron chi connectivity index (χ4n) is 3.76. The molecule has 174 valence electrons. The first-order valence-corrected chi connectivity index (χ1v) is 11.2. The Morgan fingerprint density at radius 2 is 0.742 bits per heavy atom. The maximum atomic E-state index is 3.93. The minimum atomic E-state index is 0.919. The summed E-state index contributed by atoms with van der Waals surface area (Å²) in [5, 5.41) is 0. The molecule has 0 aliphatic rings. The minimum Gasteiger partial charge on any atom is -0.309 e. The fourth-order valence-corrected chi connectivity index (χ4v) is 3.76. The van der Waals surface area contributed by atoms with Gasteiger partial charge >= 0.3 is 0 Å². The Morgan fingerprint density at radius 1 is 0.484 bits per heavy atom. The summed E-state index contributed by atoms with van der Waals surface area (Å²) < 4.78 is 1.84. The van der Waals surface area contributed by atoms with Crippen molar-refractivity contribution in [2.24, 2.45) is 0 Å². The predicted molar refractivity (Wildman–Crippen MR) is 143 cm³/mol. The van der Waals surface area contributed by atoms with Gasteiger partial charge in [0.15, 0.2) is 0 Å². The Kier molecular flexibility index (Phi) is 19.7. The van der Waals surface area contributed by atoms with Gasteiger partial charge in [0.2, 0.25) is 0 Å². The van der Waals surface area contributed by atoms with Gasteiger partial charge in [-0.15, -0.1) is 13.2 Å². The van der Waals surface area contributed by atoms with E-state index in [0.29, 0.717) is 0 Å². The number of likely N-dealkylation sites (N-methyl/N-ethyl adjacent to an activating group) is 1. The smallest absolute Gasteiger partial charge is 0.129 e. The average molecular weight is 428 g/mol. The molecule has 0 amide bonds. The number of hydrogen-bond donors (Lipinski definition) is 0. The standard InChI is InChI=1S/C20H34N2.C8H15N/c1-7-13-21(14-8-2,15-9-3)19-20-22(16-10-4,17-11-5)18-12-6;1-4-7-9(6-3)8-5-2/h7-12H,1-6,13-20H2;4-5H,1-2,6-8H2,3H3/q+2;. The third-order valence-electron chi connectivity index (χ3n) is 5.37. The first-order valence-electron chi connectivity index (χ1n) is 11.2. The summed E-state index contributed by atoms with van der Waals surface area (Å²) in [7, 11) is 0. The summed E-state index contributed by atoms with van der Waals surface area (Å²) in [5.74, 6) is 0. The average Bonchev–Trinajstić information content (AvgIpc) is 2.74. The molecular formula is C28H49N3+2. The third kappa shape index (κ3) is 13.7. The van der Waals surface area contributed by atoms with Crippen molar-refractivity contribution in [3.05, 3.63) is 101 Å². The van der Waals surface area contributed by atoms with Crippen molar-refractivity contribution >= 4 is 0 Å². The molecule has 0 spiro atoms. The lowest BCUT2D eigenvalue weighted by Crippen LogP contribution is -2.58. The Labute approximate surface area is 194 Å². The van der Waals surface area contributed by atoms with Crippen LogP contribution in [0.5, 0.6) is 0 Å². The van der Waals surface area contributed by atoms with E-state index in [1.165, 1.54) is 0 Å². The van der Waals surface area contributed by atoms with Crippen molar-refractivity contribution in [1.29, 1.82) is 0 Å². The van der Waals surface area contributed by atoms with Crippen LogP contribution in [-0.2, 0) is 0 Å². The van der Waals surface area contributed by atoms with Crippen molar-refractivity contribution in [3.8, 4) is 0 Å². The molecular weight excluding hydrogens is 378 g/mol. The molecule has 0 rings (SSSR count). The van der Waals surface area contributed by atoms with Gasteiger partial charge in [-0.05, 0) is 43.0 Å². The SMILES string of the molecule is C=CCN(CC)CC=C.C=CC[N+](CC=C)(CC=C)CC[N+](CC=C)(CC=C)CC=C. The van der Waals surface area contributed by atoms with E-state index in [0.717, 1.165) is 81.0 Å². The van der Waals surface area contributed by atoms with Gasteiger partial charge in [-0.3, -0.25) is 4.90 Å². The molecule has 0 atom stereocenters. The fraction of sp³-hybridized carbons (Fsp3) is 0.429. The molecule has 0 radical (unpaired) electrons. The van der Waals surface area contributed by atoms with Crippen molar-refractivity contribution in [3.63, 3.8) is 0 Å². The van der Waals surface area contributed by atoms with E-state index in [4.69, 9.17) is 0 Å². The molecule has 0 aliphatic carbocycles. The first-order chi connectivity index (χ1) is 14.9. The summed E-state index contributed by atoms with van der Waals surface area (Å²) in [5.41, 5.74) is 0. The largest absolute Gasteiger partial charge is 0.309 e. The molecule has 0 bridgehead atoms. The van der Waals surface area contributed by atoms with E-state index in [1.54, 1.807) is 0 Å². The Hall–Kier alpha value is -2.20. The van der Waals surface area contributed by atoms with Crippen molar-refractivity contribution in [1.82, 2.24) is 4.90 Å². The van der Waals surface area contributed by atoms with Gasteiger partial charge in [-0.1, -0.05) is 58.5 Å². The molecule has 0 N–H and O–H groups in total. The van der Waals surface area contributed by atoms with E-state index in [1.807, 2.05) is 48.6 Å². The predicted octanol–water partition coefficient (Wildman–Crippen LogP) is 5.42. The molecule has 0 aromatic rings. The number of rotatable bonds is 20. The molecule has 0 aliphatic heterocycles. The molecule has 3 nitrogen and oxygen atoms in total. The highest BCUT2D eigenvalue weighted by molar-refractivity contribution is 4.80. The quantitative estimate of drug-likeness (QED) is 0.185. The van der Waals surface area contributed by atoms with Crippen LogP contribution in [0.25, 0.3) is 0 Å². The first kappa shape index (κ1) is 31.0. The Morgan fingerprint density at radius 3 is 0.903 bits per heavy atom. The zero-order chi connectivity index (χ0) is 24.0. The monoisotopic (exact) mass is 427 g/mol.